The molecule has 5 heteroatoms. The van der Waals surface area contributed by atoms with Gasteiger partial charge in [0.05, 0.1) is 6.54 Å². The number of fused-ring (bicyclic) bond motifs is 2. The van der Waals surface area contributed by atoms with Gasteiger partial charge in [-0.25, -0.2) is 0 Å². The Balaban J connectivity index is 1.73. The Morgan fingerprint density at radius 1 is 1.13 bits per heavy atom. The first kappa shape index (κ1) is 14.0. The van der Waals surface area contributed by atoms with Crippen molar-refractivity contribution < 1.29 is 0 Å². The van der Waals surface area contributed by atoms with Crippen molar-refractivity contribution in [3.05, 3.63) is 81.9 Å². The van der Waals surface area contributed by atoms with Crippen LogP contribution in [-0.2, 0) is 13.0 Å². The molecular weight excluding hydrogens is 308 g/mol. The standard InChI is InChI=1S/C18H15ClN4/c19-15-7-4-8-16-14(15)11-23-10-13(17(20)22-18(23)21-16)9-12-5-2-1-3-6-12/h1-8,10H,9,11H2,(H2,20,21,22). The van der Waals surface area contributed by atoms with Crippen LogP contribution in [0.5, 0.6) is 0 Å². The highest BCUT2D eigenvalue weighted by molar-refractivity contribution is 6.31. The average Bonchev–Trinajstić information content (AvgIpc) is 2.56. The summed E-state index contributed by atoms with van der Waals surface area (Å²) in [5.41, 5.74) is 4.39. The van der Waals surface area contributed by atoms with Gasteiger partial charge in [0.25, 0.3) is 0 Å². The molecule has 1 aromatic heterocycles. The van der Waals surface area contributed by atoms with Crippen molar-refractivity contribution >= 4 is 23.2 Å². The second kappa shape index (κ2) is 5.56. The SMILES string of the molecule is N=c1nc2n(cc1Cc1ccccc1)Cc1c(Cl)cccc1N2. The Hall–Kier alpha value is -2.59. The third-order valence-electron chi connectivity index (χ3n) is 4.04. The van der Waals surface area contributed by atoms with E-state index in [2.05, 4.69) is 22.4 Å². The molecule has 1 aliphatic heterocycles. The molecule has 0 bridgehead atoms. The Labute approximate surface area is 138 Å². The predicted molar refractivity (Wildman–Crippen MR) is 91.2 cm³/mol. The first-order valence-corrected chi connectivity index (χ1v) is 7.82. The topological polar surface area (TPSA) is 53.7 Å². The Morgan fingerprint density at radius 2 is 1.96 bits per heavy atom. The van der Waals surface area contributed by atoms with E-state index in [0.717, 1.165) is 21.8 Å². The van der Waals surface area contributed by atoms with E-state index < -0.39 is 0 Å². The van der Waals surface area contributed by atoms with Crippen LogP contribution in [0.15, 0.2) is 54.7 Å². The van der Waals surface area contributed by atoms with Crippen molar-refractivity contribution in [1.29, 1.82) is 5.41 Å². The molecule has 0 radical (unpaired) electrons. The van der Waals surface area contributed by atoms with Gasteiger partial charge in [-0.2, -0.15) is 4.98 Å². The average molecular weight is 323 g/mol. The van der Waals surface area contributed by atoms with Gasteiger partial charge in [0.1, 0.15) is 0 Å². The van der Waals surface area contributed by atoms with Crippen LogP contribution in [0.3, 0.4) is 0 Å². The zero-order chi connectivity index (χ0) is 15.8. The zero-order valence-corrected chi connectivity index (χ0v) is 13.1. The highest BCUT2D eigenvalue weighted by atomic mass is 35.5. The summed E-state index contributed by atoms with van der Waals surface area (Å²) < 4.78 is 2.02. The number of anilines is 2. The van der Waals surface area contributed by atoms with Gasteiger partial charge >= 0.3 is 0 Å². The van der Waals surface area contributed by atoms with E-state index in [1.165, 1.54) is 5.56 Å². The number of hydrogen-bond acceptors (Lipinski definition) is 3. The molecule has 0 fully saturated rings. The molecule has 2 heterocycles. The quantitative estimate of drug-likeness (QED) is 0.591. The van der Waals surface area contributed by atoms with Crippen LogP contribution in [0.2, 0.25) is 5.02 Å². The maximum Gasteiger partial charge on any atom is 0.209 e. The number of hydrogen-bond donors (Lipinski definition) is 2. The van der Waals surface area contributed by atoms with Gasteiger partial charge in [-0.05, 0) is 17.7 Å². The molecule has 4 rings (SSSR count). The minimum Gasteiger partial charge on any atom is -0.325 e. The van der Waals surface area contributed by atoms with Gasteiger partial charge in [0, 0.05) is 34.5 Å². The number of nitrogens with zero attached hydrogens (tertiary/aromatic N) is 2. The minimum absolute atomic E-state index is 0.304. The van der Waals surface area contributed by atoms with Gasteiger partial charge in [-0.15, -0.1) is 0 Å². The summed E-state index contributed by atoms with van der Waals surface area (Å²) >= 11 is 6.30. The van der Waals surface area contributed by atoms with E-state index in [-0.39, 0.29) is 0 Å². The highest BCUT2D eigenvalue weighted by Gasteiger charge is 2.17. The van der Waals surface area contributed by atoms with Crippen LogP contribution < -0.4 is 10.8 Å². The summed E-state index contributed by atoms with van der Waals surface area (Å²) in [5, 5.41) is 12.2. The van der Waals surface area contributed by atoms with Gasteiger partial charge in [0.15, 0.2) is 5.49 Å². The smallest absolute Gasteiger partial charge is 0.209 e. The van der Waals surface area contributed by atoms with Crippen LogP contribution in [0.1, 0.15) is 16.7 Å². The Morgan fingerprint density at radius 3 is 2.78 bits per heavy atom. The molecule has 23 heavy (non-hydrogen) atoms. The molecule has 1 aliphatic rings. The van der Waals surface area contributed by atoms with Gasteiger partial charge in [-0.1, -0.05) is 48.0 Å². The van der Waals surface area contributed by atoms with E-state index in [1.54, 1.807) is 0 Å². The second-order valence-corrected chi connectivity index (χ2v) is 6.03. The van der Waals surface area contributed by atoms with Crippen LogP contribution in [-0.4, -0.2) is 9.55 Å². The first-order chi connectivity index (χ1) is 11.2. The van der Waals surface area contributed by atoms with E-state index in [4.69, 9.17) is 17.0 Å². The monoisotopic (exact) mass is 322 g/mol. The largest absolute Gasteiger partial charge is 0.325 e. The summed E-state index contributed by atoms with van der Waals surface area (Å²) in [6, 6.07) is 15.9. The molecule has 0 saturated carbocycles. The van der Waals surface area contributed by atoms with E-state index in [0.29, 0.717) is 24.4 Å². The van der Waals surface area contributed by atoms with Crippen LogP contribution in [0, 0.1) is 5.41 Å². The summed E-state index contributed by atoms with van der Waals surface area (Å²) in [6.45, 7) is 0.659. The van der Waals surface area contributed by atoms with Crippen molar-refractivity contribution in [2.24, 2.45) is 0 Å². The molecule has 0 spiro atoms. The summed E-state index contributed by atoms with van der Waals surface area (Å²) in [5.74, 6) is 0.682. The highest BCUT2D eigenvalue weighted by Crippen LogP contribution is 2.31. The van der Waals surface area contributed by atoms with E-state index >= 15 is 0 Å². The number of aromatic nitrogens is 2. The first-order valence-electron chi connectivity index (χ1n) is 7.44. The molecule has 0 saturated heterocycles. The fraction of sp³-hybridized carbons (Fsp3) is 0.111. The maximum atomic E-state index is 8.20. The molecule has 114 valence electrons. The number of halogens is 1. The number of benzene rings is 2. The van der Waals surface area contributed by atoms with Crippen molar-refractivity contribution in [2.45, 2.75) is 13.0 Å². The maximum absolute atomic E-state index is 8.20. The van der Waals surface area contributed by atoms with Gasteiger partial charge < -0.3 is 9.88 Å². The lowest BCUT2D eigenvalue weighted by molar-refractivity contribution is 0.739. The lowest BCUT2D eigenvalue weighted by Crippen LogP contribution is -2.24. The lowest BCUT2D eigenvalue weighted by atomic mass is 10.1. The Kier molecular flexibility index (Phi) is 3.39. The number of nitrogens with one attached hydrogen (secondary N) is 2. The molecule has 0 aliphatic carbocycles. The third-order valence-corrected chi connectivity index (χ3v) is 4.39. The molecule has 2 N–H and O–H groups in total. The molecule has 4 nitrogen and oxygen atoms in total. The lowest BCUT2D eigenvalue weighted by Gasteiger charge is -2.24. The minimum atomic E-state index is 0.304. The molecule has 2 aromatic carbocycles. The van der Waals surface area contributed by atoms with Crippen molar-refractivity contribution in [2.75, 3.05) is 5.32 Å². The molecule has 0 unspecified atom stereocenters. The van der Waals surface area contributed by atoms with Gasteiger partial charge in [-0.3, -0.25) is 5.41 Å². The summed E-state index contributed by atoms with van der Waals surface area (Å²) in [6.07, 6.45) is 2.69. The van der Waals surface area contributed by atoms with Crippen molar-refractivity contribution in [3.8, 4) is 0 Å². The molecular formula is C18H15ClN4. The second-order valence-electron chi connectivity index (χ2n) is 5.62. The summed E-state index contributed by atoms with van der Waals surface area (Å²) in [7, 11) is 0. The van der Waals surface area contributed by atoms with Crippen molar-refractivity contribution in [3.63, 3.8) is 0 Å². The van der Waals surface area contributed by atoms with E-state index in [1.807, 2.05) is 47.2 Å². The number of rotatable bonds is 2. The van der Waals surface area contributed by atoms with E-state index in [9.17, 15) is 0 Å². The molecule has 3 aromatic rings. The third kappa shape index (κ3) is 2.62. The fourth-order valence-corrected chi connectivity index (χ4v) is 3.08. The van der Waals surface area contributed by atoms with Crippen LogP contribution in [0.4, 0.5) is 11.6 Å². The summed E-state index contributed by atoms with van der Waals surface area (Å²) in [4.78, 5) is 4.41. The van der Waals surface area contributed by atoms with Gasteiger partial charge in [0.2, 0.25) is 5.95 Å². The predicted octanol–water partition coefficient (Wildman–Crippen LogP) is 3.71. The molecule has 0 amide bonds. The normalized spacial score (nSPS) is 12.2. The Bertz CT molecular complexity index is 931. The van der Waals surface area contributed by atoms with Crippen LogP contribution >= 0.6 is 11.6 Å². The van der Waals surface area contributed by atoms with Crippen molar-refractivity contribution in [1.82, 2.24) is 9.55 Å². The fourth-order valence-electron chi connectivity index (χ4n) is 2.85. The zero-order valence-electron chi connectivity index (χ0n) is 12.4. The molecule has 0 atom stereocenters. The van der Waals surface area contributed by atoms with Crippen LogP contribution in [0.25, 0.3) is 0 Å².